The Morgan fingerprint density at radius 2 is 1.67 bits per heavy atom. The second kappa shape index (κ2) is 5.31. The summed E-state index contributed by atoms with van der Waals surface area (Å²) in [5, 5.41) is 0. The van der Waals surface area contributed by atoms with Crippen LogP contribution in [-0.4, -0.2) is 18.5 Å². The minimum atomic E-state index is -0.0128. The molecule has 2 heteroatoms. The molecular weight excluding hydrogens is 188 g/mol. The number of rotatable bonds is 3. The molecule has 1 heterocycles. The van der Waals surface area contributed by atoms with Crippen molar-refractivity contribution in [2.45, 2.75) is 66.5 Å². The molecule has 0 aliphatic carbocycles. The van der Waals surface area contributed by atoms with E-state index in [0.717, 1.165) is 6.42 Å². The average Bonchev–Trinajstić information content (AvgIpc) is 2.18. The monoisotopic (exact) mass is 214 g/mol. The van der Waals surface area contributed by atoms with Gasteiger partial charge in [0.1, 0.15) is 0 Å². The van der Waals surface area contributed by atoms with Crippen LogP contribution in [0, 0.1) is 17.8 Å². The molecule has 0 aromatic rings. The summed E-state index contributed by atoms with van der Waals surface area (Å²) in [4.78, 5) is 0. The van der Waals surface area contributed by atoms with Crippen molar-refractivity contribution in [3.8, 4) is 0 Å². The van der Waals surface area contributed by atoms with Crippen molar-refractivity contribution in [2.75, 3.05) is 0 Å². The maximum Gasteiger partial charge on any atom is 0.161 e. The van der Waals surface area contributed by atoms with E-state index in [9.17, 15) is 0 Å². The molecule has 1 rings (SSSR count). The molecule has 0 amide bonds. The normalized spacial score (nSPS) is 42.2. The predicted molar refractivity (Wildman–Crippen MR) is 62.7 cm³/mol. The van der Waals surface area contributed by atoms with Gasteiger partial charge in [0, 0.05) is 5.92 Å². The number of ether oxygens (including phenoxy) is 2. The van der Waals surface area contributed by atoms with E-state index < -0.39 is 0 Å². The molecule has 1 saturated heterocycles. The van der Waals surface area contributed by atoms with Gasteiger partial charge in [-0.25, -0.2) is 0 Å². The molecule has 0 radical (unpaired) electrons. The molecule has 2 nitrogen and oxygen atoms in total. The quantitative estimate of drug-likeness (QED) is 0.716. The van der Waals surface area contributed by atoms with Crippen molar-refractivity contribution in [3.63, 3.8) is 0 Å². The van der Waals surface area contributed by atoms with E-state index in [1.807, 2.05) is 0 Å². The lowest BCUT2D eigenvalue weighted by Crippen LogP contribution is -2.46. The van der Waals surface area contributed by atoms with Gasteiger partial charge in [0.15, 0.2) is 6.29 Å². The fourth-order valence-electron chi connectivity index (χ4n) is 2.38. The number of hydrogen-bond donors (Lipinski definition) is 0. The zero-order valence-corrected chi connectivity index (χ0v) is 11.0. The minimum absolute atomic E-state index is 0.0128. The molecule has 5 atom stereocenters. The van der Waals surface area contributed by atoms with Gasteiger partial charge in [0.25, 0.3) is 0 Å². The molecule has 3 unspecified atom stereocenters. The summed E-state index contributed by atoms with van der Waals surface area (Å²) < 4.78 is 11.9. The zero-order chi connectivity index (χ0) is 11.6. The number of hydrogen-bond acceptors (Lipinski definition) is 2. The first-order valence-electron chi connectivity index (χ1n) is 6.28. The fourth-order valence-corrected chi connectivity index (χ4v) is 2.38. The van der Waals surface area contributed by atoms with Crippen LogP contribution in [0.1, 0.15) is 48.0 Å². The fraction of sp³-hybridized carbons (Fsp3) is 1.00. The van der Waals surface area contributed by atoms with Gasteiger partial charge in [-0.2, -0.15) is 0 Å². The Labute approximate surface area is 94.3 Å². The second-order valence-corrected chi connectivity index (χ2v) is 5.21. The Balaban J connectivity index is 2.65. The van der Waals surface area contributed by atoms with Gasteiger partial charge in [-0.3, -0.25) is 0 Å². The maximum absolute atomic E-state index is 6.02. The van der Waals surface area contributed by atoms with Crippen LogP contribution in [0.4, 0.5) is 0 Å². The molecular formula is C13H26O2. The van der Waals surface area contributed by atoms with E-state index in [1.165, 1.54) is 0 Å². The molecule has 0 N–H and O–H groups in total. The smallest absolute Gasteiger partial charge is 0.161 e. The Morgan fingerprint density at radius 3 is 2.13 bits per heavy atom. The summed E-state index contributed by atoms with van der Waals surface area (Å²) in [6, 6.07) is 0. The summed E-state index contributed by atoms with van der Waals surface area (Å²) in [6.07, 6.45) is 1.67. The highest BCUT2D eigenvalue weighted by Gasteiger charge is 2.38. The molecule has 0 bridgehead atoms. The van der Waals surface area contributed by atoms with Gasteiger partial charge in [0.05, 0.1) is 12.2 Å². The zero-order valence-electron chi connectivity index (χ0n) is 11.0. The highest BCUT2D eigenvalue weighted by Crippen LogP contribution is 2.36. The molecule has 90 valence electrons. The average molecular weight is 214 g/mol. The first kappa shape index (κ1) is 13.0. The van der Waals surface area contributed by atoms with Crippen LogP contribution in [0.2, 0.25) is 0 Å². The largest absolute Gasteiger partial charge is 0.350 e. The lowest BCUT2D eigenvalue weighted by Gasteiger charge is -2.43. The molecule has 1 aliphatic rings. The lowest BCUT2D eigenvalue weighted by molar-refractivity contribution is -0.259. The maximum atomic E-state index is 6.02. The Morgan fingerprint density at radius 1 is 1.07 bits per heavy atom. The molecule has 1 aliphatic heterocycles. The van der Waals surface area contributed by atoms with Crippen molar-refractivity contribution in [3.05, 3.63) is 0 Å². The molecule has 0 spiro atoms. The van der Waals surface area contributed by atoms with Gasteiger partial charge in [-0.15, -0.1) is 0 Å². The van der Waals surface area contributed by atoms with Crippen molar-refractivity contribution >= 4 is 0 Å². The molecule has 0 aromatic carbocycles. The highest BCUT2D eigenvalue weighted by atomic mass is 16.7. The van der Waals surface area contributed by atoms with Crippen LogP contribution in [0.25, 0.3) is 0 Å². The van der Waals surface area contributed by atoms with E-state index in [2.05, 4.69) is 41.5 Å². The van der Waals surface area contributed by atoms with Crippen LogP contribution in [0.3, 0.4) is 0 Å². The van der Waals surface area contributed by atoms with Crippen molar-refractivity contribution in [2.24, 2.45) is 17.8 Å². The first-order chi connectivity index (χ1) is 6.97. The summed E-state index contributed by atoms with van der Waals surface area (Å²) in [7, 11) is 0. The summed E-state index contributed by atoms with van der Waals surface area (Å²) in [5.74, 6) is 1.80. The minimum Gasteiger partial charge on any atom is -0.350 e. The summed E-state index contributed by atoms with van der Waals surface area (Å²) in [5.41, 5.74) is 0. The van der Waals surface area contributed by atoms with Gasteiger partial charge in [-0.05, 0) is 32.1 Å². The van der Waals surface area contributed by atoms with Crippen LogP contribution in [0.5, 0.6) is 0 Å². The lowest BCUT2D eigenvalue weighted by atomic mass is 9.78. The summed E-state index contributed by atoms with van der Waals surface area (Å²) in [6.45, 7) is 13.2. The van der Waals surface area contributed by atoms with E-state index in [-0.39, 0.29) is 12.4 Å². The summed E-state index contributed by atoms with van der Waals surface area (Å²) >= 11 is 0. The Hall–Kier alpha value is -0.0800. The van der Waals surface area contributed by atoms with Gasteiger partial charge >= 0.3 is 0 Å². The molecule has 0 aromatic heterocycles. The molecule has 0 saturated carbocycles. The topological polar surface area (TPSA) is 18.5 Å². The van der Waals surface area contributed by atoms with Crippen molar-refractivity contribution in [1.82, 2.24) is 0 Å². The van der Waals surface area contributed by atoms with Crippen LogP contribution < -0.4 is 0 Å². The predicted octanol–water partition coefficient (Wildman–Crippen LogP) is 3.45. The highest BCUT2D eigenvalue weighted by molar-refractivity contribution is 4.82. The molecule has 15 heavy (non-hydrogen) atoms. The second-order valence-electron chi connectivity index (χ2n) is 5.21. The van der Waals surface area contributed by atoms with Crippen molar-refractivity contribution < 1.29 is 9.47 Å². The van der Waals surface area contributed by atoms with E-state index >= 15 is 0 Å². The van der Waals surface area contributed by atoms with Crippen LogP contribution in [-0.2, 0) is 9.47 Å². The third-order valence-corrected chi connectivity index (χ3v) is 3.79. The van der Waals surface area contributed by atoms with E-state index in [1.54, 1.807) is 0 Å². The van der Waals surface area contributed by atoms with E-state index in [4.69, 9.17) is 9.47 Å². The van der Waals surface area contributed by atoms with Crippen LogP contribution in [0.15, 0.2) is 0 Å². The molecule has 1 fully saturated rings. The third-order valence-electron chi connectivity index (χ3n) is 3.79. The van der Waals surface area contributed by atoms with Gasteiger partial charge < -0.3 is 9.47 Å². The van der Waals surface area contributed by atoms with E-state index in [0.29, 0.717) is 23.9 Å². The Kier molecular flexibility index (Phi) is 4.60. The Bertz CT molecular complexity index is 189. The first-order valence-corrected chi connectivity index (χ1v) is 6.28. The van der Waals surface area contributed by atoms with Gasteiger partial charge in [0.2, 0.25) is 0 Å². The van der Waals surface area contributed by atoms with Crippen LogP contribution >= 0.6 is 0 Å². The standard InChI is InChI=1S/C13H26O2/c1-7-12-10(5)9(4)11(6)13(15-12)14-8(2)3/h8-13H,7H2,1-6H3/t9-,10+,11?,12?,13?/m1/s1. The third kappa shape index (κ3) is 2.94. The SMILES string of the molecule is CCC1OC(OC(C)C)C(C)[C@H](C)[C@@H]1C. The van der Waals surface area contributed by atoms with Gasteiger partial charge in [-0.1, -0.05) is 27.7 Å². The van der Waals surface area contributed by atoms with Crippen molar-refractivity contribution in [1.29, 1.82) is 0 Å².